The molecule has 0 radical (unpaired) electrons. The van der Waals surface area contributed by atoms with E-state index in [0.717, 1.165) is 47.2 Å². The van der Waals surface area contributed by atoms with Crippen LogP contribution in [0.1, 0.15) is 21.6 Å². The van der Waals surface area contributed by atoms with Crippen molar-refractivity contribution in [3.63, 3.8) is 0 Å². The first-order chi connectivity index (χ1) is 16.5. The first-order valence-corrected chi connectivity index (χ1v) is 11.5. The summed E-state index contributed by atoms with van der Waals surface area (Å²) in [7, 11) is -1.88. The molecule has 0 saturated carbocycles. The molecule has 2 aromatic heterocycles. The van der Waals surface area contributed by atoms with Crippen LogP contribution in [0.25, 0.3) is 22.0 Å². The van der Waals surface area contributed by atoms with Crippen LogP contribution in [-0.4, -0.2) is 25.9 Å². The molecule has 1 atom stereocenters. The molecule has 0 saturated heterocycles. The van der Waals surface area contributed by atoms with Crippen LogP contribution in [-0.2, 0) is 23.7 Å². The highest BCUT2D eigenvalue weighted by molar-refractivity contribution is 7.82. The Morgan fingerprint density at radius 2 is 1.86 bits per heavy atom. The minimum Gasteiger partial charge on any atom is -0.331 e. The number of carbonyl (C=O) groups is 1. The van der Waals surface area contributed by atoms with Crippen LogP contribution in [0, 0.1) is 11.6 Å². The van der Waals surface area contributed by atoms with Crippen molar-refractivity contribution >= 4 is 27.8 Å². The minimum atomic E-state index is -4.74. The van der Waals surface area contributed by atoms with Crippen molar-refractivity contribution in [3.05, 3.63) is 93.5 Å². The molecule has 0 aliphatic rings. The van der Waals surface area contributed by atoms with Gasteiger partial charge in [-0.2, -0.15) is 13.2 Å². The number of alkyl halides is 3. The Hall–Kier alpha value is -3.80. The molecule has 0 aliphatic carbocycles. The monoisotopic (exact) mass is 509 g/mol. The first-order valence-electron chi connectivity index (χ1n) is 9.97. The number of hydrogen-bond donors (Lipinski definition) is 2. The van der Waals surface area contributed by atoms with E-state index in [2.05, 4.69) is 9.71 Å². The van der Waals surface area contributed by atoms with Gasteiger partial charge >= 0.3 is 6.18 Å². The number of aromatic amines is 1. The number of carbonyl (C=O) groups excluding carboxylic acids is 1. The lowest BCUT2D eigenvalue weighted by Gasteiger charge is -2.13. The molecule has 6 nitrogen and oxygen atoms in total. The van der Waals surface area contributed by atoms with Crippen molar-refractivity contribution in [1.29, 1.82) is 0 Å². The molecule has 2 heterocycles. The summed E-state index contributed by atoms with van der Waals surface area (Å²) in [5, 5.41) is -0.125. The van der Waals surface area contributed by atoms with E-state index in [1.807, 2.05) is 0 Å². The molecule has 182 valence electrons. The largest absolute Gasteiger partial charge is 0.416 e. The van der Waals surface area contributed by atoms with Gasteiger partial charge in [0.05, 0.1) is 12.1 Å². The van der Waals surface area contributed by atoms with Crippen molar-refractivity contribution in [3.8, 4) is 11.1 Å². The molecule has 0 aliphatic heterocycles. The zero-order valence-corrected chi connectivity index (χ0v) is 18.7. The van der Waals surface area contributed by atoms with Crippen LogP contribution in [0.5, 0.6) is 0 Å². The van der Waals surface area contributed by atoms with Gasteiger partial charge in [-0.1, -0.05) is 0 Å². The summed E-state index contributed by atoms with van der Waals surface area (Å²) in [6.45, 7) is -0.463. The zero-order valence-electron chi connectivity index (χ0n) is 17.9. The number of halogens is 5. The van der Waals surface area contributed by atoms with Gasteiger partial charge in [0, 0.05) is 40.0 Å². The second-order valence-corrected chi connectivity index (χ2v) is 8.69. The van der Waals surface area contributed by atoms with E-state index < -0.39 is 52.4 Å². The molecule has 0 bridgehead atoms. The second-order valence-electron chi connectivity index (χ2n) is 7.57. The maximum atomic E-state index is 14.5. The van der Waals surface area contributed by atoms with E-state index in [9.17, 15) is 35.8 Å². The predicted octanol–water partition coefficient (Wildman–Crippen LogP) is 4.37. The Kier molecular flexibility index (Phi) is 6.32. The van der Waals surface area contributed by atoms with Crippen LogP contribution in [0.15, 0.2) is 59.5 Å². The van der Waals surface area contributed by atoms with E-state index in [-0.39, 0.29) is 33.3 Å². The van der Waals surface area contributed by atoms with Crippen LogP contribution in [0.2, 0.25) is 0 Å². The maximum Gasteiger partial charge on any atom is 0.416 e. The van der Waals surface area contributed by atoms with Gasteiger partial charge in [-0.25, -0.2) is 13.0 Å². The van der Waals surface area contributed by atoms with E-state index >= 15 is 0 Å². The van der Waals surface area contributed by atoms with Gasteiger partial charge < -0.3 is 9.55 Å². The van der Waals surface area contributed by atoms with Gasteiger partial charge in [-0.15, -0.1) is 0 Å². The minimum absolute atomic E-state index is 0.0481. The third-order valence-corrected chi connectivity index (χ3v) is 5.74. The first kappa shape index (κ1) is 24.3. The second kappa shape index (κ2) is 9.10. The average molecular weight is 509 g/mol. The van der Waals surface area contributed by atoms with Gasteiger partial charge in [0.2, 0.25) is 0 Å². The number of rotatable bonds is 5. The van der Waals surface area contributed by atoms with Crippen molar-refractivity contribution in [2.24, 2.45) is 0 Å². The van der Waals surface area contributed by atoms with Crippen LogP contribution >= 0.6 is 0 Å². The molecule has 4 aromatic rings. The highest BCUT2D eigenvalue weighted by Gasteiger charge is 2.33. The third kappa shape index (κ3) is 4.74. The van der Waals surface area contributed by atoms with Gasteiger partial charge in [-0.3, -0.25) is 14.3 Å². The molecular formula is C23H16F5N3O3S. The molecule has 1 amide bonds. The van der Waals surface area contributed by atoms with Gasteiger partial charge in [0.15, 0.2) is 0 Å². The Labute approximate surface area is 197 Å². The molecule has 0 fully saturated rings. The number of benzene rings is 2. The van der Waals surface area contributed by atoms with Gasteiger partial charge in [0.1, 0.15) is 28.3 Å². The Morgan fingerprint density at radius 3 is 2.51 bits per heavy atom. The Morgan fingerprint density at radius 1 is 1.11 bits per heavy atom. The number of aromatic nitrogens is 2. The number of nitrogens with one attached hydrogen (secondary N) is 2. The van der Waals surface area contributed by atoms with Crippen LogP contribution in [0.3, 0.4) is 0 Å². The van der Waals surface area contributed by atoms with Crippen LogP contribution in [0.4, 0.5) is 22.0 Å². The lowest BCUT2D eigenvalue weighted by atomic mass is 10.0. The standard InChI is InChI=1S/C23H16F5N3O3S/c1-35(34)30-22(33)20-19(15-3-2-8-29-21(15)32)16-10-13(23(26,27)28)4-7-18(16)31(20)11-12-9-14(24)5-6-17(12)25/h2-10H,11H2,1H3,(H,29,32)(H,30,33). The van der Waals surface area contributed by atoms with Crippen LogP contribution < -0.4 is 10.3 Å². The van der Waals surface area contributed by atoms with Crippen molar-refractivity contribution < 1.29 is 31.0 Å². The summed E-state index contributed by atoms with van der Waals surface area (Å²) in [4.78, 5) is 28.2. The number of pyridine rings is 1. The lowest BCUT2D eigenvalue weighted by Crippen LogP contribution is -2.28. The Balaban J connectivity index is 2.13. The smallest absolute Gasteiger partial charge is 0.331 e. The van der Waals surface area contributed by atoms with Crippen molar-refractivity contribution in [2.75, 3.05) is 6.26 Å². The quantitative estimate of drug-likeness (QED) is 0.392. The van der Waals surface area contributed by atoms with Gasteiger partial charge in [-0.05, 0) is 48.5 Å². The molecule has 12 heteroatoms. The summed E-state index contributed by atoms with van der Waals surface area (Å²) >= 11 is 0. The molecule has 2 N–H and O–H groups in total. The molecule has 35 heavy (non-hydrogen) atoms. The summed E-state index contributed by atoms with van der Waals surface area (Å²) in [5.41, 5.74) is -2.54. The summed E-state index contributed by atoms with van der Waals surface area (Å²) in [5.74, 6) is -2.56. The summed E-state index contributed by atoms with van der Waals surface area (Å²) < 4.78 is 84.0. The normalized spacial score (nSPS) is 12.6. The fraction of sp³-hybridized carbons (Fsp3) is 0.130. The SMILES string of the molecule is CS(=O)NC(=O)c1c(-c2ccc[nH]c2=O)c2cc(C(F)(F)F)ccc2n1Cc1cc(F)ccc1F. The van der Waals surface area contributed by atoms with Crippen molar-refractivity contribution in [1.82, 2.24) is 14.3 Å². The number of amides is 1. The van der Waals surface area contributed by atoms with E-state index in [1.54, 1.807) is 0 Å². The lowest BCUT2D eigenvalue weighted by molar-refractivity contribution is -0.137. The van der Waals surface area contributed by atoms with E-state index in [4.69, 9.17) is 0 Å². The molecule has 2 aromatic carbocycles. The predicted molar refractivity (Wildman–Crippen MR) is 120 cm³/mol. The summed E-state index contributed by atoms with van der Waals surface area (Å²) in [6, 6.07) is 8.01. The number of nitrogens with zero attached hydrogens (tertiary/aromatic N) is 1. The molecule has 1 unspecified atom stereocenters. The van der Waals surface area contributed by atoms with Crippen molar-refractivity contribution in [2.45, 2.75) is 12.7 Å². The third-order valence-electron chi connectivity index (χ3n) is 5.27. The Bertz CT molecular complexity index is 1540. The molecular weight excluding hydrogens is 493 g/mol. The number of H-pyrrole nitrogens is 1. The zero-order chi connectivity index (χ0) is 25.5. The molecule has 4 rings (SSSR count). The fourth-order valence-corrected chi connectivity index (χ4v) is 4.19. The van der Waals surface area contributed by atoms with E-state index in [0.29, 0.717) is 0 Å². The topological polar surface area (TPSA) is 84.0 Å². The maximum absolute atomic E-state index is 14.5. The fourth-order valence-electron chi connectivity index (χ4n) is 3.84. The number of fused-ring (bicyclic) bond motifs is 1. The highest BCUT2D eigenvalue weighted by atomic mass is 32.2. The number of hydrogen-bond acceptors (Lipinski definition) is 3. The van der Waals surface area contributed by atoms with E-state index in [1.165, 1.54) is 18.3 Å². The molecule has 0 spiro atoms. The highest BCUT2D eigenvalue weighted by Crippen LogP contribution is 2.38. The summed E-state index contributed by atoms with van der Waals surface area (Å²) in [6.07, 6.45) is -2.28. The van der Waals surface area contributed by atoms with Gasteiger partial charge in [0.25, 0.3) is 11.5 Å². The average Bonchev–Trinajstić information content (AvgIpc) is 3.09.